The van der Waals surface area contributed by atoms with Crippen molar-refractivity contribution in [3.05, 3.63) is 35.1 Å². The fourth-order valence-electron chi connectivity index (χ4n) is 1.08. The summed E-state index contributed by atoms with van der Waals surface area (Å²) in [4.78, 5) is 11.1. The van der Waals surface area contributed by atoms with Crippen LogP contribution in [-0.2, 0) is 11.3 Å². The maximum Gasteiger partial charge on any atom is 0.236 e. The van der Waals surface area contributed by atoms with Gasteiger partial charge in [0.15, 0.2) is 0 Å². The number of hydrogen-bond donors (Lipinski definition) is 2. The fraction of sp³-hybridized carbons (Fsp3) is 0.300. The van der Waals surface area contributed by atoms with Crippen LogP contribution in [0.4, 0.5) is 13.2 Å². The van der Waals surface area contributed by atoms with Crippen molar-refractivity contribution in [2.45, 2.75) is 19.5 Å². The molecule has 88 valence electrons. The zero-order valence-electron chi connectivity index (χ0n) is 8.56. The van der Waals surface area contributed by atoms with Gasteiger partial charge in [-0.25, -0.2) is 13.2 Å². The Labute approximate surface area is 90.4 Å². The van der Waals surface area contributed by atoms with E-state index in [0.29, 0.717) is 12.1 Å². The molecule has 0 saturated heterocycles. The third kappa shape index (κ3) is 2.96. The monoisotopic (exact) mass is 232 g/mol. The molecule has 0 heterocycles. The summed E-state index contributed by atoms with van der Waals surface area (Å²) >= 11 is 0. The summed E-state index contributed by atoms with van der Waals surface area (Å²) in [5.74, 6) is -3.62. The Bertz CT molecular complexity index is 384. The molecule has 1 rings (SSSR count). The van der Waals surface area contributed by atoms with Gasteiger partial charge in [0.2, 0.25) is 5.91 Å². The molecule has 3 nitrogen and oxygen atoms in total. The highest BCUT2D eigenvalue weighted by Crippen LogP contribution is 2.14. The third-order valence-corrected chi connectivity index (χ3v) is 1.96. The van der Waals surface area contributed by atoms with Gasteiger partial charge in [-0.05, 0) is 6.92 Å². The summed E-state index contributed by atoms with van der Waals surface area (Å²) < 4.78 is 38.7. The van der Waals surface area contributed by atoms with Gasteiger partial charge in [0.25, 0.3) is 0 Å². The van der Waals surface area contributed by atoms with Crippen LogP contribution < -0.4 is 11.1 Å². The number of nitrogens with one attached hydrogen (secondary N) is 1. The first-order valence-electron chi connectivity index (χ1n) is 4.58. The van der Waals surface area contributed by atoms with Gasteiger partial charge in [-0.1, -0.05) is 0 Å². The van der Waals surface area contributed by atoms with Crippen LogP contribution in [0.3, 0.4) is 0 Å². The fourth-order valence-corrected chi connectivity index (χ4v) is 1.08. The number of amides is 1. The maximum absolute atomic E-state index is 13.1. The summed E-state index contributed by atoms with van der Waals surface area (Å²) in [6.45, 7) is 1.07. The van der Waals surface area contributed by atoms with E-state index in [4.69, 9.17) is 5.73 Å². The lowest BCUT2D eigenvalue weighted by Crippen LogP contribution is -2.38. The molecule has 0 fully saturated rings. The van der Waals surface area contributed by atoms with E-state index in [9.17, 15) is 18.0 Å². The van der Waals surface area contributed by atoms with E-state index in [-0.39, 0.29) is 6.54 Å². The average Bonchev–Trinajstić information content (AvgIpc) is 2.15. The topological polar surface area (TPSA) is 55.1 Å². The van der Waals surface area contributed by atoms with E-state index in [0.717, 1.165) is 0 Å². The molecule has 16 heavy (non-hydrogen) atoms. The van der Waals surface area contributed by atoms with Crippen molar-refractivity contribution in [1.82, 2.24) is 5.32 Å². The van der Waals surface area contributed by atoms with E-state index in [2.05, 4.69) is 5.32 Å². The van der Waals surface area contributed by atoms with Gasteiger partial charge in [-0.15, -0.1) is 0 Å². The van der Waals surface area contributed by atoms with Gasteiger partial charge in [0, 0.05) is 24.2 Å². The Morgan fingerprint density at radius 2 is 1.88 bits per heavy atom. The predicted octanol–water partition coefficient (Wildman–Crippen LogP) is 1.07. The van der Waals surface area contributed by atoms with Gasteiger partial charge in [-0.3, -0.25) is 4.79 Å². The first-order chi connectivity index (χ1) is 7.41. The lowest BCUT2D eigenvalue weighted by molar-refractivity contribution is -0.122. The molecule has 1 aromatic rings. The second kappa shape index (κ2) is 4.98. The molecule has 0 aliphatic heterocycles. The van der Waals surface area contributed by atoms with Crippen molar-refractivity contribution in [2.75, 3.05) is 0 Å². The number of carbonyl (C=O) groups is 1. The van der Waals surface area contributed by atoms with Crippen LogP contribution in [0.1, 0.15) is 12.5 Å². The largest absolute Gasteiger partial charge is 0.350 e. The normalized spacial score (nSPS) is 12.3. The molecule has 0 spiro atoms. The van der Waals surface area contributed by atoms with E-state index < -0.39 is 35.0 Å². The van der Waals surface area contributed by atoms with Gasteiger partial charge < -0.3 is 11.1 Å². The molecule has 6 heteroatoms. The molecule has 0 aromatic heterocycles. The van der Waals surface area contributed by atoms with Gasteiger partial charge in [0.1, 0.15) is 17.5 Å². The highest BCUT2D eigenvalue weighted by Gasteiger charge is 2.13. The van der Waals surface area contributed by atoms with Crippen molar-refractivity contribution < 1.29 is 18.0 Å². The standard InChI is InChI=1S/C10H11F3N2O/c1-5(14)10(16)15-4-7-8(12)2-6(11)3-9(7)13/h2-3,5H,4,14H2,1H3,(H,15,16). The molecule has 0 radical (unpaired) electrons. The minimum atomic E-state index is -1.04. The van der Waals surface area contributed by atoms with Crippen LogP contribution in [0, 0.1) is 17.5 Å². The minimum absolute atomic E-state index is 0.363. The van der Waals surface area contributed by atoms with Crippen molar-refractivity contribution in [1.29, 1.82) is 0 Å². The Balaban J connectivity index is 2.78. The Hall–Kier alpha value is -1.56. The summed E-state index contributed by atoms with van der Waals surface area (Å²) in [6.07, 6.45) is 0. The molecule has 3 N–H and O–H groups in total. The van der Waals surface area contributed by atoms with Crippen molar-refractivity contribution in [3.63, 3.8) is 0 Å². The van der Waals surface area contributed by atoms with Crippen LogP contribution in [0.25, 0.3) is 0 Å². The third-order valence-electron chi connectivity index (χ3n) is 1.96. The summed E-state index contributed by atoms with van der Waals surface area (Å²) in [5, 5.41) is 2.23. The van der Waals surface area contributed by atoms with Crippen molar-refractivity contribution in [2.24, 2.45) is 5.73 Å². The van der Waals surface area contributed by atoms with Crippen molar-refractivity contribution >= 4 is 5.91 Å². The number of benzene rings is 1. The molecular formula is C10H11F3N2O. The van der Waals surface area contributed by atoms with Crippen LogP contribution in [0.5, 0.6) is 0 Å². The Morgan fingerprint density at radius 3 is 2.31 bits per heavy atom. The lowest BCUT2D eigenvalue weighted by Gasteiger charge is -2.09. The number of rotatable bonds is 3. The number of carbonyl (C=O) groups excluding carboxylic acids is 1. The summed E-state index contributed by atoms with van der Waals surface area (Å²) in [7, 11) is 0. The Morgan fingerprint density at radius 1 is 1.38 bits per heavy atom. The van der Waals surface area contributed by atoms with Crippen LogP contribution in [0.15, 0.2) is 12.1 Å². The highest BCUT2D eigenvalue weighted by molar-refractivity contribution is 5.80. The molecule has 1 amide bonds. The van der Waals surface area contributed by atoms with Crippen LogP contribution in [0.2, 0.25) is 0 Å². The maximum atomic E-state index is 13.1. The molecular weight excluding hydrogens is 221 g/mol. The molecule has 0 aliphatic carbocycles. The van der Waals surface area contributed by atoms with E-state index >= 15 is 0 Å². The SMILES string of the molecule is CC(N)C(=O)NCc1c(F)cc(F)cc1F. The highest BCUT2D eigenvalue weighted by atomic mass is 19.1. The molecule has 0 saturated carbocycles. The molecule has 1 aromatic carbocycles. The zero-order valence-corrected chi connectivity index (χ0v) is 8.56. The second-order valence-corrected chi connectivity index (χ2v) is 3.35. The first kappa shape index (κ1) is 12.5. The molecule has 0 bridgehead atoms. The van der Waals surface area contributed by atoms with Crippen LogP contribution >= 0.6 is 0 Å². The zero-order chi connectivity index (χ0) is 12.3. The second-order valence-electron chi connectivity index (χ2n) is 3.35. The van der Waals surface area contributed by atoms with Crippen LogP contribution in [-0.4, -0.2) is 11.9 Å². The number of halogens is 3. The van der Waals surface area contributed by atoms with E-state index in [1.807, 2.05) is 0 Å². The average molecular weight is 232 g/mol. The van der Waals surface area contributed by atoms with Gasteiger partial charge >= 0.3 is 0 Å². The van der Waals surface area contributed by atoms with E-state index in [1.165, 1.54) is 6.92 Å². The summed E-state index contributed by atoms with van der Waals surface area (Å²) in [6, 6.07) is 0.332. The smallest absolute Gasteiger partial charge is 0.236 e. The number of nitrogens with two attached hydrogens (primary N) is 1. The van der Waals surface area contributed by atoms with E-state index in [1.54, 1.807) is 0 Å². The summed E-state index contributed by atoms with van der Waals surface area (Å²) in [5.41, 5.74) is 4.85. The molecule has 1 unspecified atom stereocenters. The Kier molecular flexibility index (Phi) is 3.89. The van der Waals surface area contributed by atoms with Gasteiger partial charge in [0.05, 0.1) is 6.04 Å². The predicted molar refractivity (Wildman–Crippen MR) is 51.8 cm³/mol. The number of hydrogen-bond acceptors (Lipinski definition) is 2. The minimum Gasteiger partial charge on any atom is -0.350 e. The van der Waals surface area contributed by atoms with Crippen molar-refractivity contribution in [3.8, 4) is 0 Å². The lowest BCUT2D eigenvalue weighted by atomic mass is 10.2. The quantitative estimate of drug-likeness (QED) is 0.819. The molecule has 0 aliphatic rings. The molecule has 1 atom stereocenters. The first-order valence-corrected chi connectivity index (χ1v) is 4.58. The van der Waals surface area contributed by atoms with Gasteiger partial charge in [-0.2, -0.15) is 0 Å².